The normalized spacial score (nSPS) is 10.2. The molecule has 3 aromatic rings. The highest BCUT2D eigenvalue weighted by molar-refractivity contribution is 7.07. The van der Waals surface area contributed by atoms with E-state index in [1.807, 2.05) is 6.07 Å². The van der Waals surface area contributed by atoms with E-state index in [4.69, 9.17) is 16.9 Å². The van der Waals surface area contributed by atoms with Gasteiger partial charge in [-0.3, -0.25) is 14.6 Å². The molecule has 0 saturated carbocycles. The van der Waals surface area contributed by atoms with E-state index >= 15 is 0 Å². The van der Waals surface area contributed by atoms with Gasteiger partial charge >= 0.3 is 0 Å². The van der Waals surface area contributed by atoms with Crippen molar-refractivity contribution in [3.8, 4) is 6.07 Å². The van der Waals surface area contributed by atoms with Crippen molar-refractivity contribution >= 4 is 40.3 Å². The van der Waals surface area contributed by atoms with Gasteiger partial charge in [-0.05, 0) is 29.8 Å². The van der Waals surface area contributed by atoms with Crippen LogP contribution < -0.4 is 5.32 Å². The lowest BCUT2D eigenvalue weighted by Gasteiger charge is -2.07. The summed E-state index contributed by atoms with van der Waals surface area (Å²) in [5.74, 6) is -0.323. The number of ketones is 1. The van der Waals surface area contributed by atoms with Gasteiger partial charge in [-0.1, -0.05) is 17.7 Å². The minimum atomic E-state index is -0.233. The van der Waals surface area contributed by atoms with Gasteiger partial charge in [0, 0.05) is 23.0 Å². The van der Waals surface area contributed by atoms with E-state index < -0.39 is 0 Å². The van der Waals surface area contributed by atoms with Crippen molar-refractivity contribution < 1.29 is 9.59 Å². The number of thiazole rings is 1. The Kier molecular flexibility index (Phi) is 5.91. The summed E-state index contributed by atoms with van der Waals surface area (Å²) < 4.78 is 0. The summed E-state index contributed by atoms with van der Waals surface area (Å²) in [5, 5.41) is 13.6. The number of nitrogens with one attached hydrogen (secondary N) is 1. The van der Waals surface area contributed by atoms with Crippen LogP contribution >= 0.6 is 22.9 Å². The summed E-state index contributed by atoms with van der Waals surface area (Å²) in [6.45, 7) is 0. The Bertz CT molecular complexity index is 1010. The number of carbonyl (C=O) groups is 2. The summed E-state index contributed by atoms with van der Waals surface area (Å²) in [6, 6.07) is 10.2. The van der Waals surface area contributed by atoms with E-state index in [0.29, 0.717) is 22.6 Å². The van der Waals surface area contributed by atoms with Crippen LogP contribution in [0, 0.1) is 11.3 Å². The predicted molar refractivity (Wildman–Crippen MR) is 103 cm³/mol. The zero-order chi connectivity index (χ0) is 19.2. The first-order chi connectivity index (χ1) is 13.0. The first-order valence-electron chi connectivity index (χ1n) is 7.90. The van der Waals surface area contributed by atoms with Gasteiger partial charge in [0.1, 0.15) is 11.8 Å². The van der Waals surface area contributed by atoms with Crippen LogP contribution in [0.4, 0.5) is 5.69 Å². The maximum Gasteiger partial charge on any atom is 0.228 e. The number of amides is 1. The van der Waals surface area contributed by atoms with Gasteiger partial charge in [-0.15, -0.1) is 11.3 Å². The van der Waals surface area contributed by atoms with Crippen LogP contribution in [0.25, 0.3) is 0 Å². The minimum absolute atomic E-state index is 0.0908. The number of carbonyl (C=O) groups excluding carboxylic acids is 2. The topological polar surface area (TPSA) is 95.7 Å². The van der Waals surface area contributed by atoms with Crippen LogP contribution in [-0.4, -0.2) is 21.7 Å². The molecule has 27 heavy (non-hydrogen) atoms. The molecule has 0 atom stereocenters. The molecule has 1 aromatic carbocycles. The number of nitriles is 1. The number of aromatic nitrogens is 2. The molecule has 2 aromatic heterocycles. The van der Waals surface area contributed by atoms with E-state index in [1.54, 1.807) is 41.4 Å². The Morgan fingerprint density at radius 3 is 2.67 bits per heavy atom. The molecule has 0 spiro atoms. The van der Waals surface area contributed by atoms with Crippen molar-refractivity contribution in [2.75, 3.05) is 5.32 Å². The van der Waals surface area contributed by atoms with Crippen molar-refractivity contribution in [1.82, 2.24) is 9.97 Å². The molecule has 0 unspecified atom stereocenters. The summed E-state index contributed by atoms with van der Waals surface area (Å²) in [5.41, 5.74) is 4.26. The lowest BCUT2D eigenvalue weighted by molar-refractivity contribution is -0.115. The van der Waals surface area contributed by atoms with Crippen LogP contribution in [-0.2, 0) is 17.6 Å². The average molecular weight is 397 g/mol. The second-order valence-electron chi connectivity index (χ2n) is 5.66. The molecule has 1 N–H and O–H groups in total. The van der Waals surface area contributed by atoms with Crippen molar-refractivity contribution in [2.45, 2.75) is 12.8 Å². The van der Waals surface area contributed by atoms with E-state index in [0.717, 1.165) is 5.56 Å². The molecule has 0 bridgehead atoms. The monoisotopic (exact) mass is 396 g/mol. The average Bonchev–Trinajstić information content (AvgIpc) is 3.18. The Hall–Kier alpha value is -3.08. The standard InChI is InChI=1S/C19H13ClN4O2S/c20-16-6-15(4-2-13(16)8-21)24-19(26)5-12-1-3-14(22-9-12)7-18(25)17-10-27-11-23-17/h1-4,6,9-11H,5,7H2,(H,24,26). The number of pyridine rings is 1. The Balaban J connectivity index is 1.57. The molecule has 0 aliphatic rings. The number of nitrogens with zero attached hydrogens (tertiary/aromatic N) is 3. The first kappa shape index (κ1) is 18.7. The van der Waals surface area contributed by atoms with E-state index in [1.165, 1.54) is 17.4 Å². The van der Waals surface area contributed by atoms with Gasteiger partial charge in [0.15, 0.2) is 5.78 Å². The van der Waals surface area contributed by atoms with Crippen molar-refractivity contribution in [1.29, 1.82) is 5.26 Å². The minimum Gasteiger partial charge on any atom is -0.326 e. The molecule has 6 nitrogen and oxygen atoms in total. The highest BCUT2D eigenvalue weighted by Crippen LogP contribution is 2.20. The smallest absolute Gasteiger partial charge is 0.228 e. The number of rotatable bonds is 6. The number of anilines is 1. The Labute approximate surface area is 164 Å². The van der Waals surface area contributed by atoms with Crippen LogP contribution in [0.1, 0.15) is 27.3 Å². The molecule has 1 amide bonds. The summed E-state index contributed by atoms with van der Waals surface area (Å²) in [6.07, 6.45) is 1.87. The molecule has 0 radical (unpaired) electrons. The second kappa shape index (κ2) is 8.54. The van der Waals surface area contributed by atoms with Gasteiger partial charge in [0.25, 0.3) is 0 Å². The summed E-state index contributed by atoms with van der Waals surface area (Å²) in [7, 11) is 0. The van der Waals surface area contributed by atoms with Crippen molar-refractivity contribution in [3.05, 3.63) is 75.0 Å². The molecular weight excluding hydrogens is 384 g/mol. The van der Waals surface area contributed by atoms with E-state index in [2.05, 4.69) is 15.3 Å². The number of hydrogen-bond donors (Lipinski definition) is 1. The Morgan fingerprint density at radius 1 is 1.19 bits per heavy atom. The van der Waals surface area contributed by atoms with Crippen LogP contribution in [0.3, 0.4) is 0 Å². The van der Waals surface area contributed by atoms with Crippen LogP contribution in [0.2, 0.25) is 5.02 Å². The number of hydrogen-bond acceptors (Lipinski definition) is 6. The van der Waals surface area contributed by atoms with Gasteiger partial charge in [0.05, 0.1) is 28.9 Å². The van der Waals surface area contributed by atoms with E-state index in [9.17, 15) is 9.59 Å². The van der Waals surface area contributed by atoms with Gasteiger partial charge in [-0.25, -0.2) is 4.98 Å². The first-order valence-corrected chi connectivity index (χ1v) is 9.22. The molecule has 8 heteroatoms. The zero-order valence-corrected chi connectivity index (χ0v) is 15.5. The largest absolute Gasteiger partial charge is 0.326 e. The van der Waals surface area contributed by atoms with Crippen LogP contribution in [0.5, 0.6) is 0 Å². The lowest BCUT2D eigenvalue weighted by Crippen LogP contribution is -2.14. The SMILES string of the molecule is N#Cc1ccc(NC(=O)Cc2ccc(CC(=O)c3cscn3)nc2)cc1Cl. The van der Waals surface area contributed by atoms with Gasteiger partial charge in [-0.2, -0.15) is 5.26 Å². The summed E-state index contributed by atoms with van der Waals surface area (Å²) >= 11 is 7.32. The summed E-state index contributed by atoms with van der Waals surface area (Å²) in [4.78, 5) is 32.4. The highest BCUT2D eigenvalue weighted by Gasteiger charge is 2.11. The third-order valence-electron chi connectivity index (χ3n) is 3.68. The van der Waals surface area contributed by atoms with Crippen molar-refractivity contribution in [2.24, 2.45) is 0 Å². The molecule has 0 fully saturated rings. The van der Waals surface area contributed by atoms with Crippen molar-refractivity contribution in [3.63, 3.8) is 0 Å². The second-order valence-corrected chi connectivity index (χ2v) is 6.79. The fourth-order valence-electron chi connectivity index (χ4n) is 2.34. The lowest BCUT2D eigenvalue weighted by atomic mass is 10.1. The number of benzene rings is 1. The molecule has 2 heterocycles. The van der Waals surface area contributed by atoms with E-state index in [-0.39, 0.29) is 29.6 Å². The number of halogens is 1. The van der Waals surface area contributed by atoms with Gasteiger partial charge < -0.3 is 5.32 Å². The number of Topliss-reactive ketones (excluding diaryl/α,β-unsaturated/α-hetero) is 1. The molecule has 3 rings (SSSR count). The molecule has 0 saturated heterocycles. The quantitative estimate of drug-likeness (QED) is 0.641. The fraction of sp³-hybridized carbons (Fsp3) is 0.105. The highest BCUT2D eigenvalue weighted by atomic mass is 35.5. The molecular formula is C19H13ClN4O2S. The maximum absolute atomic E-state index is 12.2. The fourth-order valence-corrected chi connectivity index (χ4v) is 3.12. The third kappa shape index (κ3) is 4.97. The molecule has 134 valence electrons. The van der Waals surface area contributed by atoms with Crippen LogP contribution in [0.15, 0.2) is 47.4 Å². The Morgan fingerprint density at radius 2 is 2.04 bits per heavy atom. The third-order valence-corrected chi connectivity index (χ3v) is 4.58. The van der Waals surface area contributed by atoms with Gasteiger partial charge in [0.2, 0.25) is 5.91 Å². The zero-order valence-electron chi connectivity index (χ0n) is 14.0. The molecule has 0 aliphatic carbocycles. The predicted octanol–water partition coefficient (Wildman–Crippen LogP) is 3.67. The maximum atomic E-state index is 12.2. The molecule has 0 aliphatic heterocycles.